The van der Waals surface area contributed by atoms with Crippen molar-refractivity contribution in [3.05, 3.63) is 52.3 Å². The summed E-state index contributed by atoms with van der Waals surface area (Å²) in [4.78, 5) is 15.4. The smallest absolute Gasteiger partial charge is 0.296 e. The van der Waals surface area contributed by atoms with Crippen molar-refractivity contribution in [1.82, 2.24) is 4.98 Å². The van der Waals surface area contributed by atoms with Crippen molar-refractivity contribution in [3.63, 3.8) is 0 Å². The van der Waals surface area contributed by atoms with Gasteiger partial charge in [-0.25, -0.2) is 0 Å². The summed E-state index contributed by atoms with van der Waals surface area (Å²) in [5.74, 6) is 0.786. The normalized spacial score (nSPS) is 14.8. The van der Waals surface area contributed by atoms with E-state index in [0.717, 1.165) is 18.5 Å². The summed E-state index contributed by atoms with van der Waals surface area (Å²) < 4.78 is 10.4. The van der Waals surface area contributed by atoms with Crippen LogP contribution in [0.4, 0.5) is 11.4 Å². The van der Waals surface area contributed by atoms with Crippen LogP contribution < -0.4 is 14.8 Å². The zero-order valence-electron chi connectivity index (χ0n) is 13.6. The van der Waals surface area contributed by atoms with E-state index in [0.29, 0.717) is 23.7 Å². The third kappa shape index (κ3) is 2.97. The standard InChI is InChI=1S/C17H19N3O4/c1-23-14-9-12(13(20(21)22)10-15(14)24-2)19-11-17(6-7-17)16-5-3-4-8-18-16/h3-5,8-10,19H,6-7,11H2,1-2H3. The highest BCUT2D eigenvalue weighted by Gasteiger charge is 2.45. The van der Waals surface area contributed by atoms with E-state index < -0.39 is 4.92 Å². The molecule has 7 heteroatoms. The van der Waals surface area contributed by atoms with Crippen molar-refractivity contribution in [3.8, 4) is 11.5 Å². The average Bonchev–Trinajstić information content (AvgIpc) is 3.41. The molecule has 0 radical (unpaired) electrons. The summed E-state index contributed by atoms with van der Waals surface area (Å²) in [6, 6.07) is 8.82. The molecule has 1 aromatic carbocycles. The van der Waals surface area contributed by atoms with Crippen molar-refractivity contribution in [2.45, 2.75) is 18.3 Å². The number of hydrogen-bond acceptors (Lipinski definition) is 6. The molecule has 126 valence electrons. The molecule has 1 aliphatic carbocycles. The van der Waals surface area contributed by atoms with E-state index in [4.69, 9.17) is 9.47 Å². The molecule has 1 aliphatic rings. The first-order valence-corrected chi connectivity index (χ1v) is 7.65. The molecule has 1 fully saturated rings. The molecular weight excluding hydrogens is 310 g/mol. The number of ether oxygens (including phenoxy) is 2. The van der Waals surface area contributed by atoms with Crippen molar-refractivity contribution in [2.24, 2.45) is 0 Å². The van der Waals surface area contributed by atoms with Gasteiger partial charge in [-0.05, 0) is 25.0 Å². The van der Waals surface area contributed by atoms with E-state index >= 15 is 0 Å². The van der Waals surface area contributed by atoms with Crippen molar-refractivity contribution in [2.75, 3.05) is 26.1 Å². The van der Waals surface area contributed by atoms with E-state index in [9.17, 15) is 10.1 Å². The fourth-order valence-corrected chi connectivity index (χ4v) is 2.78. The molecule has 0 amide bonds. The Morgan fingerprint density at radius 3 is 2.50 bits per heavy atom. The van der Waals surface area contributed by atoms with Crippen LogP contribution in [0.5, 0.6) is 11.5 Å². The third-order valence-corrected chi connectivity index (χ3v) is 4.38. The number of nitro benzene ring substituents is 1. The lowest BCUT2D eigenvalue weighted by molar-refractivity contribution is -0.384. The van der Waals surface area contributed by atoms with Crippen molar-refractivity contribution in [1.29, 1.82) is 0 Å². The highest BCUT2D eigenvalue weighted by Crippen LogP contribution is 2.48. The fourth-order valence-electron chi connectivity index (χ4n) is 2.78. The third-order valence-electron chi connectivity index (χ3n) is 4.38. The highest BCUT2D eigenvalue weighted by atomic mass is 16.6. The number of nitrogens with zero attached hydrogens (tertiary/aromatic N) is 2. The van der Waals surface area contributed by atoms with Crippen LogP contribution in [0.15, 0.2) is 36.5 Å². The molecule has 0 atom stereocenters. The van der Waals surface area contributed by atoms with Gasteiger partial charge in [0.25, 0.3) is 5.69 Å². The van der Waals surface area contributed by atoms with E-state index in [-0.39, 0.29) is 11.1 Å². The molecule has 1 heterocycles. The lowest BCUT2D eigenvalue weighted by Gasteiger charge is -2.17. The zero-order chi connectivity index (χ0) is 17.2. The predicted octanol–water partition coefficient (Wildman–Crippen LogP) is 3.15. The topological polar surface area (TPSA) is 86.5 Å². The Balaban J connectivity index is 1.86. The fraction of sp³-hybridized carbons (Fsp3) is 0.353. The largest absolute Gasteiger partial charge is 0.493 e. The summed E-state index contributed by atoms with van der Waals surface area (Å²) >= 11 is 0. The molecule has 1 N–H and O–H groups in total. The molecular formula is C17H19N3O4. The first-order chi connectivity index (χ1) is 11.6. The highest BCUT2D eigenvalue weighted by molar-refractivity contribution is 5.68. The lowest BCUT2D eigenvalue weighted by Crippen LogP contribution is -2.21. The Bertz CT molecular complexity index is 745. The van der Waals surface area contributed by atoms with E-state index in [1.54, 1.807) is 12.3 Å². The summed E-state index contributed by atoms with van der Waals surface area (Å²) in [7, 11) is 2.96. The van der Waals surface area contributed by atoms with Crippen LogP contribution in [0.2, 0.25) is 0 Å². The summed E-state index contributed by atoms with van der Waals surface area (Å²) in [5.41, 5.74) is 1.34. The van der Waals surface area contributed by atoms with Gasteiger partial charge in [0.1, 0.15) is 5.69 Å². The first kappa shape index (κ1) is 16.0. The van der Waals surface area contributed by atoms with Crippen LogP contribution in [0.25, 0.3) is 0 Å². The summed E-state index contributed by atoms with van der Waals surface area (Å²) in [6.45, 7) is 0.584. The molecule has 0 aliphatic heterocycles. The first-order valence-electron chi connectivity index (χ1n) is 7.65. The second kappa shape index (κ2) is 6.35. The van der Waals surface area contributed by atoms with Gasteiger partial charge < -0.3 is 14.8 Å². The maximum atomic E-state index is 11.4. The SMILES string of the molecule is COc1cc(NCC2(c3ccccn3)CC2)c([N+](=O)[O-])cc1OC. The van der Waals surface area contributed by atoms with E-state index in [1.807, 2.05) is 18.2 Å². The average molecular weight is 329 g/mol. The molecule has 24 heavy (non-hydrogen) atoms. The lowest BCUT2D eigenvalue weighted by atomic mass is 10.0. The van der Waals surface area contributed by atoms with Gasteiger partial charge in [0.15, 0.2) is 11.5 Å². The number of nitrogens with one attached hydrogen (secondary N) is 1. The van der Waals surface area contributed by atoms with Gasteiger partial charge in [-0.2, -0.15) is 0 Å². The number of rotatable bonds is 7. The van der Waals surface area contributed by atoms with Gasteiger partial charge in [0.05, 0.1) is 25.2 Å². The van der Waals surface area contributed by atoms with Gasteiger partial charge in [-0.1, -0.05) is 6.07 Å². The molecule has 3 rings (SSSR count). The Kier molecular flexibility index (Phi) is 4.24. The predicted molar refractivity (Wildman–Crippen MR) is 89.8 cm³/mol. The number of pyridine rings is 1. The van der Waals surface area contributed by atoms with Crippen LogP contribution >= 0.6 is 0 Å². The number of methoxy groups -OCH3 is 2. The second-order valence-corrected chi connectivity index (χ2v) is 5.83. The van der Waals surface area contributed by atoms with Gasteiger partial charge >= 0.3 is 0 Å². The van der Waals surface area contributed by atoms with Crippen LogP contribution in [-0.4, -0.2) is 30.7 Å². The summed E-state index contributed by atoms with van der Waals surface area (Å²) in [5, 5.41) is 14.6. The van der Waals surface area contributed by atoms with Gasteiger partial charge in [-0.3, -0.25) is 15.1 Å². The maximum absolute atomic E-state index is 11.4. The maximum Gasteiger partial charge on any atom is 0.296 e. The Hall–Kier alpha value is -2.83. The Morgan fingerprint density at radius 2 is 1.96 bits per heavy atom. The summed E-state index contributed by atoms with van der Waals surface area (Å²) in [6.07, 6.45) is 3.80. The minimum atomic E-state index is -0.426. The van der Waals surface area contributed by atoms with Crippen LogP contribution in [-0.2, 0) is 5.41 Å². The minimum absolute atomic E-state index is 0.0375. The number of nitro groups is 1. The molecule has 7 nitrogen and oxygen atoms in total. The van der Waals surface area contributed by atoms with Crippen molar-refractivity contribution >= 4 is 11.4 Å². The second-order valence-electron chi connectivity index (χ2n) is 5.83. The molecule has 0 bridgehead atoms. The molecule has 1 aromatic heterocycles. The molecule has 2 aromatic rings. The number of aromatic nitrogens is 1. The Morgan fingerprint density at radius 1 is 1.25 bits per heavy atom. The molecule has 0 unspecified atom stereocenters. The van der Waals surface area contributed by atoms with E-state index in [2.05, 4.69) is 10.3 Å². The zero-order valence-corrected chi connectivity index (χ0v) is 13.6. The molecule has 0 spiro atoms. The van der Waals surface area contributed by atoms with Crippen molar-refractivity contribution < 1.29 is 14.4 Å². The van der Waals surface area contributed by atoms with Crippen LogP contribution in [0.1, 0.15) is 18.5 Å². The minimum Gasteiger partial charge on any atom is -0.493 e. The van der Waals surface area contributed by atoms with Gasteiger partial charge in [0.2, 0.25) is 0 Å². The number of benzene rings is 1. The Labute approximate surface area is 139 Å². The van der Waals surface area contributed by atoms with Gasteiger partial charge in [-0.15, -0.1) is 0 Å². The van der Waals surface area contributed by atoms with E-state index in [1.165, 1.54) is 20.3 Å². The quantitative estimate of drug-likeness (QED) is 0.620. The molecule has 0 saturated heterocycles. The molecule has 1 saturated carbocycles. The number of anilines is 1. The van der Waals surface area contributed by atoms with Gasteiger partial charge in [0, 0.05) is 29.9 Å². The number of hydrogen-bond donors (Lipinski definition) is 1. The monoisotopic (exact) mass is 329 g/mol. The van der Waals surface area contributed by atoms with Crippen LogP contribution in [0, 0.1) is 10.1 Å². The van der Waals surface area contributed by atoms with Crippen LogP contribution in [0.3, 0.4) is 0 Å².